The third-order valence-electron chi connectivity index (χ3n) is 0.789. The zero-order chi connectivity index (χ0) is 5.98. The Morgan fingerprint density at radius 2 is 2.33 bits per heavy atom. The van der Waals surface area contributed by atoms with E-state index >= 15 is 0 Å². The van der Waals surface area contributed by atoms with Gasteiger partial charge in [0, 0.05) is 44.2 Å². The number of hydrogen-bond acceptors (Lipinski definition) is 2. The van der Waals surface area contributed by atoms with Crippen LogP contribution in [0.25, 0.3) is 0 Å². The van der Waals surface area contributed by atoms with Gasteiger partial charge < -0.3 is 9.97 Å². The van der Waals surface area contributed by atoms with E-state index in [-0.39, 0.29) is 32.7 Å². The van der Waals surface area contributed by atoms with Gasteiger partial charge in [0.2, 0.25) is 0 Å². The fourth-order valence-electron chi connectivity index (χ4n) is 0.340. The van der Waals surface area contributed by atoms with Crippen LogP contribution in [0.4, 0.5) is 0 Å². The molecule has 0 atom stereocenters. The normalized spacial score (nSPS) is 8.22. The molecule has 0 fully saturated rings. The summed E-state index contributed by atoms with van der Waals surface area (Å²) in [6, 6.07) is 0. The summed E-state index contributed by atoms with van der Waals surface area (Å²) in [5, 5.41) is 0.472. The Hall–Kier alpha value is 0.474. The Bertz CT molecular complexity index is 171. The first-order chi connectivity index (χ1) is 3.80. The molecule has 1 aromatic heterocycles. The number of nitrogens with zero attached hydrogens (tertiary/aromatic N) is 2. The van der Waals surface area contributed by atoms with Crippen molar-refractivity contribution in [1.82, 2.24) is 9.97 Å². The van der Waals surface area contributed by atoms with Crippen LogP contribution >= 0.6 is 11.6 Å². The van der Waals surface area contributed by atoms with Gasteiger partial charge in [0.1, 0.15) is 0 Å². The summed E-state index contributed by atoms with van der Waals surface area (Å²) in [4.78, 5) is 7.23. The van der Waals surface area contributed by atoms with Crippen LogP contribution in [0.3, 0.4) is 0 Å². The fourth-order valence-corrected chi connectivity index (χ4v) is 0.426. The molecule has 0 N–H and O–H groups in total. The SMILES string of the molecule is Cc1cn[c-]nc1Cl.[Y]. The third kappa shape index (κ3) is 2.70. The summed E-state index contributed by atoms with van der Waals surface area (Å²) < 4.78 is 0. The molecule has 0 spiro atoms. The maximum atomic E-state index is 5.53. The van der Waals surface area contributed by atoms with Gasteiger partial charge in [-0.05, 0) is 0 Å². The van der Waals surface area contributed by atoms with E-state index in [4.69, 9.17) is 11.6 Å². The van der Waals surface area contributed by atoms with Crippen molar-refractivity contribution in [3.05, 3.63) is 23.2 Å². The quantitative estimate of drug-likeness (QED) is 0.482. The predicted octanol–water partition coefficient (Wildman–Crippen LogP) is 1.24. The number of hydrogen-bond donors (Lipinski definition) is 0. The molecule has 0 aliphatic rings. The molecule has 0 amide bonds. The average molecular weight is 216 g/mol. The first-order valence-electron chi connectivity index (χ1n) is 2.16. The van der Waals surface area contributed by atoms with Crippen LogP contribution in [0.15, 0.2) is 6.20 Å². The number of rotatable bonds is 0. The smallest absolute Gasteiger partial charge is 0.0227 e. The van der Waals surface area contributed by atoms with Crippen LogP contribution in [-0.4, -0.2) is 9.97 Å². The van der Waals surface area contributed by atoms with Crippen LogP contribution < -0.4 is 0 Å². The van der Waals surface area contributed by atoms with Crippen LogP contribution in [-0.2, 0) is 32.7 Å². The summed E-state index contributed by atoms with van der Waals surface area (Å²) in [5.41, 5.74) is 0.880. The van der Waals surface area contributed by atoms with Crippen molar-refractivity contribution in [3.8, 4) is 0 Å². The van der Waals surface area contributed by atoms with E-state index in [1.807, 2.05) is 6.92 Å². The van der Waals surface area contributed by atoms with E-state index in [2.05, 4.69) is 16.3 Å². The van der Waals surface area contributed by atoms with Crippen molar-refractivity contribution in [2.24, 2.45) is 0 Å². The molecule has 0 saturated carbocycles. The maximum Gasteiger partial charge on any atom is 0.0227 e. The molecule has 1 heterocycles. The molecule has 4 heteroatoms. The predicted molar refractivity (Wildman–Crippen MR) is 30.6 cm³/mol. The van der Waals surface area contributed by atoms with E-state index in [0.717, 1.165) is 5.56 Å². The summed E-state index contributed by atoms with van der Waals surface area (Å²) in [6.07, 6.45) is 3.99. The van der Waals surface area contributed by atoms with E-state index in [1.165, 1.54) is 0 Å². The van der Waals surface area contributed by atoms with Gasteiger partial charge in [-0.3, -0.25) is 0 Å². The summed E-state index contributed by atoms with van der Waals surface area (Å²) in [6.45, 7) is 1.84. The zero-order valence-electron chi connectivity index (χ0n) is 4.93. The van der Waals surface area contributed by atoms with E-state index < -0.39 is 0 Å². The van der Waals surface area contributed by atoms with Crippen LogP contribution in [0.5, 0.6) is 0 Å². The van der Waals surface area contributed by atoms with Crippen LogP contribution in [0, 0.1) is 13.3 Å². The number of aryl methyl sites for hydroxylation is 1. The van der Waals surface area contributed by atoms with Gasteiger partial charge in [-0.1, -0.05) is 13.1 Å². The summed E-state index contributed by atoms with van der Waals surface area (Å²) in [7, 11) is 0. The molecule has 0 saturated heterocycles. The topological polar surface area (TPSA) is 25.8 Å². The Balaban J connectivity index is 0.000000640. The molecule has 0 unspecified atom stereocenters. The molecule has 0 aliphatic carbocycles. The largest absolute Gasteiger partial charge is 0.374 e. The minimum atomic E-state index is 0. The van der Waals surface area contributed by atoms with Crippen molar-refractivity contribution in [2.75, 3.05) is 0 Å². The molecule has 9 heavy (non-hydrogen) atoms. The molecule has 0 aliphatic heterocycles. The van der Waals surface area contributed by atoms with Crippen molar-refractivity contribution >= 4 is 11.6 Å². The second-order valence-corrected chi connectivity index (χ2v) is 1.80. The molecular weight excluding hydrogens is 212 g/mol. The van der Waals surface area contributed by atoms with Gasteiger partial charge in [-0.2, -0.15) is 0 Å². The van der Waals surface area contributed by atoms with E-state index in [0.29, 0.717) is 5.15 Å². The Kier molecular flexibility index (Phi) is 4.54. The molecule has 2 nitrogen and oxygen atoms in total. The number of halogens is 1. The monoisotopic (exact) mass is 216 g/mol. The maximum absolute atomic E-state index is 5.53. The minimum Gasteiger partial charge on any atom is -0.374 e. The standard InChI is InChI=1S/C5H4ClN2.Y/c1-4-2-7-3-8-5(4)6;/h2H,1H3;/q-1;. The summed E-state index contributed by atoms with van der Waals surface area (Å²) in [5.74, 6) is 0. The van der Waals surface area contributed by atoms with Gasteiger partial charge in [0.05, 0.1) is 0 Å². The second-order valence-electron chi connectivity index (χ2n) is 1.44. The average Bonchev–Trinajstić information content (AvgIpc) is 1.77. The zero-order valence-corrected chi connectivity index (χ0v) is 8.52. The van der Waals surface area contributed by atoms with E-state index in [9.17, 15) is 0 Å². The van der Waals surface area contributed by atoms with Gasteiger partial charge in [0.25, 0.3) is 0 Å². The third-order valence-corrected chi connectivity index (χ3v) is 1.17. The molecule has 1 aromatic rings. The molecule has 45 valence electrons. The van der Waals surface area contributed by atoms with Crippen LogP contribution in [0.1, 0.15) is 5.56 Å². The Morgan fingerprint density at radius 3 is 2.67 bits per heavy atom. The van der Waals surface area contributed by atoms with Gasteiger partial charge >= 0.3 is 0 Å². The van der Waals surface area contributed by atoms with Gasteiger partial charge in [-0.15, -0.1) is 17.2 Å². The summed E-state index contributed by atoms with van der Waals surface area (Å²) >= 11 is 5.53. The molecule has 0 bridgehead atoms. The van der Waals surface area contributed by atoms with Crippen molar-refractivity contribution < 1.29 is 32.7 Å². The van der Waals surface area contributed by atoms with Crippen molar-refractivity contribution in [3.63, 3.8) is 0 Å². The van der Waals surface area contributed by atoms with E-state index in [1.54, 1.807) is 6.20 Å². The van der Waals surface area contributed by atoms with Crippen molar-refractivity contribution in [2.45, 2.75) is 6.92 Å². The molecule has 0 aromatic carbocycles. The molecule has 1 rings (SSSR count). The van der Waals surface area contributed by atoms with Crippen molar-refractivity contribution in [1.29, 1.82) is 0 Å². The Morgan fingerprint density at radius 1 is 1.67 bits per heavy atom. The fraction of sp³-hybridized carbons (Fsp3) is 0.200. The van der Waals surface area contributed by atoms with Gasteiger partial charge in [0.15, 0.2) is 0 Å². The molecular formula is C5H4ClN2Y-. The van der Waals surface area contributed by atoms with Gasteiger partial charge in [-0.25, -0.2) is 0 Å². The Labute approximate surface area is 83.9 Å². The second kappa shape index (κ2) is 4.31. The first-order valence-corrected chi connectivity index (χ1v) is 2.53. The van der Waals surface area contributed by atoms with Crippen LogP contribution in [0.2, 0.25) is 5.15 Å². The first kappa shape index (κ1) is 9.47. The molecule has 1 radical (unpaired) electrons. The number of aromatic nitrogens is 2. The minimum absolute atomic E-state index is 0.